The van der Waals surface area contributed by atoms with Gasteiger partial charge in [0.2, 0.25) is 0 Å². The molecule has 0 unspecified atom stereocenters. The monoisotopic (exact) mass is 320 g/mol. The summed E-state index contributed by atoms with van der Waals surface area (Å²) in [5, 5.41) is 13.9. The molecule has 0 aromatic heterocycles. The van der Waals surface area contributed by atoms with E-state index in [1.165, 1.54) is 6.92 Å². The predicted molar refractivity (Wildman–Crippen MR) is 68.4 cm³/mol. The van der Waals surface area contributed by atoms with Crippen molar-refractivity contribution in [1.29, 1.82) is 0 Å². The van der Waals surface area contributed by atoms with Crippen LogP contribution in [-0.2, 0) is 4.79 Å². The molecule has 0 aliphatic heterocycles. The van der Waals surface area contributed by atoms with E-state index in [4.69, 9.17) is 16.7 Å². The van der Waals surface area contributed by atoms with Gasteiger partial charge in [-0.3, -0.25) is 4.79 Å². The second-order valence-corrected chi connectivity index (χ2v) is 4.55. The molecule has 1 aromatic carbocycles. The van der Waals surface area contributed by atoms with Gasteiger partial charge in [-0.1, -0.05) is 11.6 Å². The molecule has 0 saturated heterocycles. The van der Waals surface area contributed by atoms with Crippen molar-refractivity contribution in [3.63, 3.8) is 0 Å². The SMILES string of the molecule is C[C@H](NC(=O)Nc1ccc(Cl)c(Br)c1)C(=O)O. The van der Waals surface area contributed by atoms with Crippen molar-refractivity contribution in [3.8, 4) is 0 Å². The van der Waals surface area contributed by atoms with Crippen molar-refractivity contribution in [2.45, 2.75) is 13.0 Å². The van der Waals surface area contributed by atoms with Crippen LogP contribution in [0.1, 0.15) is 6.92 Å². The van der Waals surface area contributed by atoms with Gasteiger partial charge in [-0.25, -0.2) is 4.79 Å². The topological polar surface area (TPSA) is 78.4 Å². The van der Waals surface area contributed by atoms with Crippen LogP contribution in [0.2, 0.25) is 5.02 Å². The molecule has 0 fully saturated rings. The van der Waals surface area contributed by atoms with E-state index in [-0.39, 0.29) is 0 Å². The van der Waals surface area contributed by atoms with Crippen LogP contribution >= 0.6 is 27.5 Å². The van der Waals surface area contributed by atoms with Crippen LogP contribution in [0.3, 0.4) is 0 Å². The number of carboxylic acid groups (broad SMARTS) is 1. The summed E-state index contributed by atoms with van der Waals surface area (Å²) in [6.45, 7) is 1.37. The fraction of sp³-hybridized carbons (Fsp3) is 0.200. The molecular weight excluding hydrogens is 311 g/mol. The number of carboxylic acids is 1. The Kier molecular flexibility index (Phi) is 4.77. The minimum atomic E-state index is -1.10. The number of urea groups is 1. The molecule has 3 N–H and O–H groups in total. The van der Waals surface area contributed by atoms with Gasteiger partial charge in [-0.2, -0.15) is 0 Å². The Morgan fingerprint density at radius 3 is 2.65 bits per heavy atom. The molecule has 0 aliphatic rings. The zero-order valence-corrected chi connectivity index (χ0v) is 11.2. The number of benzene rings is 1. The number of hydrogen-bond donors (Lipinski definition) is 3. The van der Waals surface area contributed by atoms with Gasteiger partial charge in [-0.05, 0) is 41.1 Å². The third kappa shape index (κ3) is 4.24. The molecule has 1 atom stereocenters. The Hall–Kier alpha value is -1.27. The van der Waals surface area contributed by atoms with Crippen molar-refractivity contribution in [2.24, 2.45) is 0 Å². The van der Waals surface area contributed by atoms with Crippen molar-refractivity contribution < 1.29 is 14.7 Å². The first-order valence-corrected chi connectivity index (χ1v) is 5.82. The number of amides is 2. The maximum atomic E-state index is 11.4. The van der Waals surface area contributed by atoms with E-state index in [9.17, 15) is 9.59 Å². The lowest BCUT2D eigenvalue weighted by Crippen LogP contribution is -2.40. The number of anilines is 1. The van der Waals surface area contributed by atoms with Crippen LogP contribution in [0.4, 0.5) is 10.5 Å². The quantitative estimate of drug-likeness (QED) is 0.801. The summed E-state index contributed by atoms with van der Waals surface area (Å²) in [4.78, 5) is 21.9. The van der Waals surface area contributed by atoms with Gasteiger partial charge >= 0.3 is 12.0 Å². The Labute approximate surface area is 111 Å². The van der Waals surface area contributed by atoms with Crippen molar-refractivity contribution in [3.05, 3.63) is 27.7 Å². The molecule has 0 radical (unpaired) electrons. The van der Waals surface area contributed by atoms with E-state index in [0.29, 0.717) is 15.2 Å². The van der Waals surface area contributed by atoms with Gasteiger partial charge in [0.05, 0.1) is 5.02 Å². The molecule has 0 heterocycles. The van der Waals surface area contributed by atoms with Crippen molar-refractivity contribution >= 4 is 45.2 Å². The molecule has 5 nitrogen and oxygen atoms in total. The summed E-state index contributed by atoms with van der Waals surface area (Å²) in [7, 11) is 0. The maximum absolute atomic E-state index is 11.4. The number of aliphatic carboxylic acids is 1. The normalized spacial score (nSPS) is 11.7. The molecule has 2 amide bonds. The van der Waals surface area contributed by atoms with E-state index in [0.717, 1.165) is 0 Å². The number of rotatable bonds is 3. The lowest BCUT2D eigenvalue weighted by molar-refractivity contribution is -0.138. The first-order chi connectivity index (χ1) is 7.90. The van der Waals surface area contributed by atoms with Gasteiger partial charge in [0.1, 0.15) is 6.04 Å². The van der Waals surface area contributed by atoms with Gasteiger partial charge in [0.25, 0.3) is 0 Å². The van der Waals surface area contributed by atoms with Crippen LogP contribution in [-0.4, -0.2) is 23.1 Å². The van der Waals surface area contributed by atoms with E-state index >= 15 is 0 Å². The number of carbonyl (C=O) groups excluding carboxylic acids is 1. The van der Waals surface area contributed by atoms with E-state index in [2.05, 4.69) is 26.6 Å². The summed E-state index contributed by atoms with van der Waals surface area (Å²) in [5.74, 6) is -1.10. The second kappa shape index (κ2) is 5.88. The number of nitrogens with one attached hydrogen (secondary N) is 2. The highest BCUT2D eigenvalue weighted by Gasteiger charge is 2.13. The molecule has 0 bridgehead atoms. The third-order valence-electron chi connectivity index (χ3n) is 1.90. The maximum Gasteiger partial charge on any atom is 0.325 e. The highest BCUT2D eigenvalue weighted by Crippen LogP contribution is 2.25. The molecule has 1 aromatic rings. The average molecular weight is 322 g/mol. The van der Waals surface area contributed by atoms with Crippen molar-refractivity contribution in [2.75, 3.05) is 5.32 Å². The summed E-state index contributed by atoms with van der Waals surface area (Å²) >= 11 is 9.00. The molecule has 0 aliphatic carbocycles. The molecule has 7 heteroatoms. The first kappa shape index (κ1) is 13.8. The lowest BCUT2D eigenvalue weighted by atomic mass is 10.3. The fourth-order valence-corrected chi connectivity index (χ4v) is 1.50. The lowest BCUT2D eigenvalue weighted by Gasteiger charge is -2.11. The van der Waals surface area contributed by atoms with Crippen LogP contribution in [0, 0.1) is 0 Å². The van der Waals surface area contributed by atoms with Crippen LogP contribution < -0.4 is 10.6 Å². The average Bonchev–Trinajstić information content (AvgIpc) is 2.23. The molecule has 92 valence electrons. The van der Waals surface area contributed by atoms with Crippen molar-refractivity contribution in [1.82, 2.24) is 5.32 Å². The van der Waals surface area contributed by atoms with Gasteiger partial charge < -0.3 is 15.7 Å². The minimum absolute atomic E-state index is 0.511. The van der Waals surface area contributed by atoms with Crippen LogP contribution in [0.25, 0.3) is 0 Å². The Morgan fingerprint density at radius 2 is 2.12 bits per heavy atom. The summed E-state index contributed by atoms with van der Waals surface area (Å²) in [6, 6.07) is 3.30. The smallest absolute Gasteiger partial charge is 0.325 e. The molecule has 1 rings (SSSR count). The third-order valence-corrected chi connectivity index (χ3v) is 3.11. The van der Waals surface area contributed by atoms with Gasteiger partial charge in [0.15, 0.2) is 0 Å². The number of halogens is 2. The standard InChI is InChI=1S/C10H10BrClN2O3/c1-5(9(15)16)13-10(17)14-6-2-3-8(12)7(11)4-6/h2-5H,1H3,(H,15,16)(H2,13,14,17)/t5-/m0/s1. The Morgan fingerprint density at radius 1 is 1.47 bits per heavy atom. The van der Waals surface area contributed by atoms with E-state index in [1.807, 2.05) is 0 Å². The van der Waals surface area contributed by atoms with Crippen LogP contribution in [0.5, 0.6) is 0 Å². The first-order valence-electron chi connectivity index (χ1n) is 4.65. The fourth-order valence-electron chi connectivity index (χ4n) is 0.999. The molecule has 17 heavy (non-hydrogen) atoms. The largest absolute Gasteiger partial charge is 0.480 e. The zero-order chi connectivity index (χ0) is 13.0. The molecule has 0 saturated carbocycles. The predicted octanol–water partition coefficient (Wildman–Crippen LogP) is 2.70. The van der Waals surface area contributed by atoms with Crippen LogP contribution in [0.15, 0.2) is 22.7 Å². The Balaban J connectivity index is 2.62. The summed E-state index contributed by atoms with van der Waals surface area (Å²) in [6.07, 6.45) is 0. The van der Waals surface area contributed by atoms with E-state index in [1.54, 1.807) is 18.2 Å². The highest BCUT2D eigenvalue weighted by molar-refractivity contribution is 9.10. The van der Waals surface area contributed by atoms with Gasteiger partial charge in [0, 0.05) is 10.2 Å². The zero-order valence-electron chi connectivity index (χ0n) is 8.83. The molecular formula is C10H10BrClN2O3. The van der Waals surface area contributed by atoms with E-state index < -0.39 is 18.0 Å². The molecule has 0 spiro atoms. The summed E-state index contributed by atoms with van der Waals surface area (Å²) < 4.78 is 0.642. The summed E-state index contributed by atoms with van der Waals surface area (Å²) in [5.41, 5.74) is 0.511. The minimum Gasteiger partial charge on any atom is -0.480 e. The van der Waals surface area contributed by atoms with Gasteiger partial charge in [-0.15, -0.1) is 0 Å². The number of hydrogen-bond acceptors (Lipinski definition) is 2. The second-order valence-electron chi connectivity index (χ2n) is 3.29. The highest BCUT2D eigenvalue weighted by atomic mass is 79.9. The Bertz CT molecular complexity index is 453. The number of carbonyl (C=O) groups is 2.